The molecule has 1 fully saturated rings. The molecule has 0 spiro atoms. The fourth-order valence-corrected chi connectivity index (χ4v) is 4.18. The third-order valence-corrected chi connectivity index (χ3v) is 5.95. The summed E-state index contributed by atoms with van der Waals surface area (Å²) in [7, 11) is 0. The monoisotopic (exact) mass is 368 g/mol. The fraction of sp³-hybridized carbons (Fsp3) is 0.957. The molecule has 0 saturated heterocycles. The van der Waals surface area contributed by atoms with E-state index in [0.717, 1.165) is 6.42 Å². The van der Waals surface area contributed by atoms with Gasteiger partial charge < -0.3 is 9.47 Å². The van der Waals surface area contributed by atoms with E-state index in [-0.39, 0.29) is 24.1 Å². The van der Waals surface area contributed by atoms with E-state index in [1.54, 1.807) is 0 Å². The molecule has 0 N–H and O–H groups in total. The van der Waals surface area contributed by atoms with Crippen LogP contribution in [0.2, 0.25) is 0 Å². The quantitative estimate of drug-likeness (QED) is 0.488. The molecule has 0 aromatic rings. The number of hydrogen-bond donors (Lipinski definition) is 0. The van der Waals surface area contributed by atoms with Gasteiger partial charge in [-0.25, -0.2) is 4.79 Å². The Morgan fingerprint density at radius 2 is 1.58 bits per heavy atom. The zero-order chi connectivity index (χ0) is 20.2. The Labute approximate surface area is 162 Å². The van der Waals surface area contributed by atoms with Gasteiger partial charge in [-0.15, -0.1) is 0 Å². The molecule has 0 amide bonds. The second-order valence-electron chi connectivity index (χ2n) is 11.1. The highest BCUT2D eigenvalue weighted by Crippen LogP contribution is 2.47. The Bertz CT molecular complexity index is 439. The lowest BCUT2D eigenvalue weighted by molar-refractivity contribution is -0.165. The van der Waals surface area contributed by atoms with Crippen molar-refractivity contribution in [3.8, 4) is 0 Å². The number of esters is 1. The predicted molar refractivity (Wildman–Crippen MR) is 109 cm³/mol. The minimum Gasteiger partial charge on any atom is -0.458 e. The molecular weight excluding hydrogens is 324 g/mol. The van der Waals surface area contributed by atoms with Gasteiger partial charge in [0.1, 0.15) is 12.2 Å². The number of carbonyl (C=O) groups excluding carboxylic acids is 1. The third kappa shape index (κ3) is 7.98. The number of rotatable bonds is 7. The van der Waals surface area contributed by atoms with Crippen LogP contribution in [-0.4, -0.2) is 24.3 Å². The van der Waals surface area contributed by atoms with Gasteiger partial charge in [0.25, 0.3) is 0 Å². The van der Waals surface area contributed by atoms with Gasteiger partial charge in [0, 0.05) is 0 Å². The molecule has 0 radical (unpaired) electrons. The number of hydrogen-bond acceptors (Lipinski definition) is 3. The van der Waals surface area contributed by atoms with Crippen molar-refractivity contribution in [2.45, 2.75) is 113 Å². The second kappa shape index (κ2) is 9.08. The Balaban J connectivity index is 2.84. The summed E-state index contributed by atoms with van der Waals surface area (Å²) in [4.78, 5) is 12.1. The molecule has 154 valence electrons. The molecule has 1 aliphatic carbocycles. The molecule has 3 heteroatoms. The van der Waals surface area contributed by atoms with E-state index in [4.69, 9.17) is 9.47 Å². The van der Waals surface area contributed by atoms with Gasteiger partial charge in [0.05, 0.1) is 6.10 Å². The summed E-state index contributed by atoms with van der Waals surface area (Å²) >= 11 is 0. The van der Waals surface area contributed by atoms with Crippen LogP contribution in [0.25, 0.3) is 0 Å². The molecule has 3 atom stereocenters. The fourth-order valence-electron chi connectivity index (χ4n) is 4.18. The third-order valence-electron chi connectivity index (χ3n) is 5.95. The summed E-state index contributed by atoms with van der Waals surface area (Å²) in [6.45, 7) is 19.9. The molecule has 0 heterocycles. The molecule has 1 rings (SSSR count). The van der Waals surface area contributed by atoms with Crippen molar-refractivity contribution >= 4 is 5.97 Å². The molecule has 0 aromatic heterocycles. The average molecular weight is 369 g/mol. The van der Waals surface area contributed by atoms with Crippen molar-refractivity contribution in [3.63, 3.8) is 0 Å². The van der Waals surface area contributed by atoms with Crippen LogP contribution in [0.3, 0.4) is 0 Å². The Morgan fingerprint density at radius 3 is 2.08 bits per heavy atom. The highest BCUT2D eigenvalue weighted by molar-refractivity contribution is 5.71. The zero-order valence-corrected chi connectivity index (χ0v) is 18.9. The van der Waals surface area contributed by atoms with E-state index in [0.29, 0.717) is 17.3 Å². The Morgan fingerprint density at radius 1 is 1.00 bits per heavy atom. The summed E-state index contributed by atoms with van der Waals surface area (Å²) in [5, 5.41) is 0. The first kappa shape index (κ1) is 23.5. The maximum absolute atomic E-state index is 12.1. The maximum Gasteiger partial charge on any atom is 0.332 e. The summed E-state index contributed by atoms with van der Waals surface area (Å²) in [5.74, 6) is 0.876. The van der Waals surface area contributed by atoms with Crippen molar-refractivity contribution in [1.82, 2.24) is 0 Å². The van der Waals surface area contributed by atoms with Gasteiger partial charge in [-0.1, -0.05) is 60.8 Å². The first-order valence-electron chi connectivity index (χ1n) is 10.6. The summed E-state index contributed by atoms with van der Waals surface area (Å²) in [6.07, 6.45) is 7.32. The van der Waals surface area contributed by atoms with E-state index < -0.39 is 5.60 Å². The molecule has 26 heavy (non-hydrogen) atoms. The topological polar surface area (TPSA) is 35.5 Å². The summed E-state index contributed by atoms with van der Waals surface area (Å²) < 4.78 is 11.6. The maximum atomic E-state index is 12.1. The molecular formula is C23H44O3. The Kier molecular flexibility index (Phi) is 8.20. The molecule has 1 aliphatic rings. The van der Waals surface area contributed by atoms with Crippen LogP contribution in [-0.2, 0) is 14.3 Å². The normalized spacial score (nSPS) is 23.6. The molecule has 0 bridgehead atoms. The largest absolute Gasteiger partial charge is 0.458 e. The van der Waals surface area contributed by atoms with Gasteiger partial charge >= 0.3 is 5.97 Å². The summed E-state index contributed by atoms with van der Waals surface area (Å²) in [6, 6.07) is 0. The van der Waals surface area contributed by atoms with Gasteiger partial charge in [-0.3, -0.25) is 0 Å². The van der Waals surface area contributed by atoms with Crippen LogP contribution in [0.5, 0.6) is 0 Å². The standard InChI is InChI=1S/C23H44O3/c1-10-23(8,9)15-18(21(2,3)4)17-13-11-12-14-19(17)25-16-20(24)26-22(5,6)7/h17-19H,10-16H2,1-9H3. The molecule has 3 nitrogen and oxygen atoms in total. The summed E-state index contributed by atoms with van der Waals surface area (Å²) in [5.41, 5.74) is 0.124. The lowest BCUT2D eigenvalue weighted by atomic mass is 9.62. The van der Waals surface area contributed by atoms with Gasteiger partial charge in [0.2, 0.25) is 0 Å². The van der Waals surface area contributed by atoms with Crippen LogP contribution in [0.4, 0.5) is 0 Å². The van der Waals surface area contributed by atoms with Crippen molar-refractivity contribution in [1.29, 1.82) is 0 Å². The van der Waals surface area contributed by atoms with Crippen LogP contribution in [0.15, 0.2) is 0 Å². The molecule has 0 aliphatic heterocycles. The molecule has 1 saturated carbocycles. The van der Waals surface area contributed by atoms with Gasteiger partial charge in [0.15, 0.2) is 0 Å². The molecule has 0 aromatic carbocycles. The second-order valence-corrected chi connectivity index (χ2v) is 11.1. The predicted octanol–water partition coefficient (Wildman–Crippen LogP) is 6.39. The van der Waals surface area contributed by atoms with E-state index in [2.05, 4.69) is 41.5 Å². The SMILES string of the molecule is CCC(C)(C)CC(C1CCCCC1OCC(=O)OC(C)(C)C)C(C)(C)C. The highest BCUT2D eigenvalue weighted by atomic mass is 16.6. The minimum absolute atomic E-state index is 0.0759. The van der Waals surface area contributed by atoms with E-state index >= 15 is 0 Å². The van der Waals surface area contributed by atoms with Crippen molar-refractivity contribution in [2.75, 3.05) is 6.61 Å². The van der Waals surface area contributed by atoms with Crippen LogP contribution in [0.1, 0.15) is 101 Å². The number of ether oxygens (including phenoxy) is 2. The smallest absolute Gasteiger partial charge is 0.332 e. The van der Waals surface area contributed by atoms with Crippen LogP contribution in [0, 0.1) is 22.7 Å². The lowest BCUT2D eigenvalue weighted by Crippen LogP contribution is -2.42. The first-order valence-corrected chi connectivity index (χ1v) is 10.6. The highest BCUT2D eigenvalue weighted by Gasteiger charge is 2.41. The zero-order valence-electron chi connectivity index (χ0n) is 18.9. The van der Waals surface area contributed by atoms with Crippen molar-refractivity contribution in [3.05, 3.63) is 0 Å². The van der Waals surface area contributed by atoms with Crippen LogP contribution < -0.4 is 0 Å². The average Bonchev–Trinajstić information content (AvgIpc) is 2.48. The van der Waals surface area contributed by atoms with E-state index in [1.807, 2.05) is 20.8 Å². The van der Waals surface area contributed by atoms with Crippen molar-refractivity contribution < 1.29 is 14.3 Å². The molecule has 3 unspecified atom stereocenters. The van der Waals surface area contributed by atoms with Crippen molar-refractivity contribution in [2.24, 2.45) is 22.7 Å². The van der Waals surface area contributed by atoms with E-state index in [1.165, 1.54) is 32.1 Å². The Hall–Kier alpha value is -0.570. The van der Waals surface area contributed by atoms with Gasteiger partial charge in [-0.05, 0) is 62.7 Å². The van der Waals surface area contributed by atoms with Gasteiger partial charge in [-0.2, -0.15) is 0 Å². The van der Waals surface area contributed by atoms with Crippen LogP contribution >= 0.6 is 0 Å². The first-order chi connectivity index (χ1) is 11.7. The minimum atomic E-state index is -0.453. The number of carbonyl (C=O) groups is 1. The lowest BCUT2D eigenvalue weighted by Gasteiger charge is -2.46. The van der Waals surface area contributed by atoms with E-state index in [9.17, 15) is 4.79 Å².